The number of amides is 1. The Morgan fingerprint density at radius 3 is 2.65 bits per heavy atom. The normalized spacial score (nSPS) is 12.0. The predicted octanol–water partition coefficient (Wildman–Crippen LogP) is 2.29. The predicted molar refractivity (Wildman–Crippen MR) is 62.7 cm³/mol. The number of carbonyl (C=O) groups is 1. The summed E-state index contributed by atoms with van der Waals surface area (Å²) >= 11 is 0. The van der Waals surface area contributed by atoms with Crippen LogP contribution < -0.4 is 10.6 Å². The second-order valence-electron chi connectivity index (χ2n) is 3.86. The third-order valence-corrected chi connectivity index (χ3v) is 2.39. The quantitative estimate of drug-likeness (QED) is 0.831. The van der Waals surface area contributed by atoms with Gasteiger partial charge in [-0.15, -0.1) is 0 Å². The van der Waals surface area contributed by atoms with Crippen LogP contribution in [-0.2, 0) is 4.79 Å². The van der Waals surface area contributed by atoms with Crippen molar-refractivity contribution in [3.8, 4) is 0 Å². The first-order valence-corrected chi connectivity index (χ1v) is 5.51. The molecule has 0 aromatic heterocycles. The van der Waals surface area contributed by atoms with E-state index in [0.29, 0.717) is 5.69 Å². The summed E-state index contributed by atoms with van der Waals surface area (Å²) in [6.45, 7) is 3.90. The van der Waals surface area contributed by atoms with Crippen molar-refractivity contribution in [1.29, 1.82) is 0 Å². The van der Waals surface area contributed by atoms with Crippen molar-refractivity contribution in [3.63, 3.8) is 0 Å². The average molecular weight is 242 g/mol. The Balaban J connectivity index is 2.45. The molecule has 0 spiro atoms. The lowest BCUT2D eigenvalue weighted by atomic mass is 10.2. The molecule has 0 aliphatic rings. The summed E-state index contributed by atoms with van der Waals surface area (Å²) in [5.41, 5.74) is 0.378. The van der Waals surface area contributed by atoms with Crippen molar-refractivity contribution >= 4 is 11.6 Å². The van der Waals surface area contributed by atoms with Gasteiger partial charge in [0.1, 0.15) is 0 Å². The Morgan fingerprint density at radius 1 is 1.35 bits per heavy atom. The molecule has 3 nitrogen and oxygen atoms in total. The van der Waals surface area contributed by atoms with Gasteiger partial charge in [0.05, 0.1) is 6.54 Å². The number of hydrogen-bond acceptors (Lipinski definition) is 2. The lowest BCUT2D eigenvalue weighted by molar-refractivity contribution is -0.120. The van der Waals surface area contributed by atoms with Crippen molar-refractivity contribution in [2.45, 2.75) is 26.3 Å². The summed E-state index contributed by atoms with van der Waals surface area (Å²) in [6.07, 6.45) is 0.844. The van der Waals surface area contributed by atoms with Crippen LogP contribution in [0.25, 0.3) is 0 Å². The van der Waals surface area contributed by atoms with Gasteiger partial charge in [0.25, 0.3) is 0 Å². The Labute approximate surface area is 99.2 Å². The van der Waals surface area contributed by atoms with E-state index in [1.807, 2.05) is 13.8 Å². The van der Waals surface area contributed by atoms with E-state index in [1.54, 1.807) is 0 Å². The monoisotopic (exact) mass is 242 g/mol. The van der Waals surface area contributed by atoms with Gasteiger partial charge in [-0.2, -0.15) is 0 Å². The third kappa shape index (κ3) is 4.38. The molecule has 1 rings (SSSR count). The molecule has 1 aromatic rings. The van der Waals surface area contributed by atoms with E-state index in [2.05, 4.69) is 10.6 Å². The van der Waals surface area contributed by atoms with Crippen LogP contribution in [0, 0.1) is 11.6 Å². The second kappa shape index (κ2) is 6.18. The van der Waals surface area contributed by atoms with Crippen LogP contribution in [-0.4, -0.2) is 18.5 Å². The lowest BCUT2D eigenvalue weighted by Crippen LogP contribution is -2.36. The van der Waals surface area contributed by atoms with Crippen molar-refractivity contribution in [1.82, 2.24) is 5.32 Å². The number of carbonyl (C=O) groups excluding carboxylic acids is 1. The summed E-state index contributed by atoms with van der Waals surface area (Å²) in [6, 6.07) is 3.53. The Kier molecular flexibility index (Phi) is 4.87. The first kappa shape index (κ1) is 13.4. The average Bonchev–Trinajstić information content (AvgIpc) is 2.30. The topological polar surface area (TPSA) is 41.1 Å². The zero-order valence-corrected chi connectivity index (χ0v) is 9.89. The molecule has 0 heterocycles. The maximum absolute atomic E-state index is 12.9. The molecular formula is C12H16F2N2O. The highest BCUT2D eigenvalue weighted by Gasteiger charge is 2.06. The van der Waals surface area contributed by atoms with Crippen molar-refractivity contribution in [3.05, 3.63) is 29.8 Å². The fraction of sp³-hybridized carbons (Fsp3) is 0.417. The van der Waals surface area contributed by atoms with Gasteiger partial charge in [-0.05, 0) is 25.5 Å². The van der Waals surface area contributed by atoms with E-state index < -0.39 is 11.6 Å². The van der Waals surface area contributed by atoms with Crippen LogP contribution in [0.1, 0.15) is 20.3 Å². The van der Waals surface area contributed by atoms with Gasteiger partial charge in [-0.3, -0.25) is 4.79 Å². The molecule has 2 N–H and O–H groups in total. The molecule has 0 radical (unpaired) electrons. The number of anilines is 1. The van der Waals surface area contributed by atoms with Gasteiger partial charge in [-0.1, -0.05) is 6.92 Å². The Morgan fingerprint density at radius 2 is 2.06 bits per heavy atom. The minimum Gasteiger partial charge on any atom is -0.376 e. The van der Waals surface area contributed by atoms with Crippen LogP contribution in [0.15, 0.2) is 18.2 Å². The molecule has 1 aromatic carbocycles. The Bertz CT molecular complexity index is 396. The smallest absolute Gasteiger partial charge is 0.239 e. The number of rotatable bonds is 5. The van der Waals surface area contributed by atoms with Crippen molar-refractivity contribution < 1.29 is 13.6 Å². The van der Waals surface area contributed by atoms with E-state index in [1.165, 1.54) is 6.07 Å². The Hall–Kier alpha value is -1.65. The molecule has 0 aliphatic heterocycles. The van der Waals surface area contributed by atoms with E-state index in [0.717, 1.165) is 18.6 Å². The molecule has 1 atom stereocenters. The van der Waals surface area contributed by atoms with Gasteiger partial charge in [0.2, 0.25) is 5.91 Å². The zero-order chi connectivity index (χ0) is 12.8. The number of benzene rings is 1. The van der Waals surface area contributed by atoms with Crippen LogP contribution in [0.4, 0.5) is 14.5 Å². The van der Waals surface area contributed by atoms with E-state index in [4.69, 9.17) is 0 Å². The highest BCUT2D eigenvalue weighted by atomic mass is 19.2. The highest BCUT2D eigenvalue weighted by Crippen LogP contribution is 2.12. The molecule has 0 aliphatic carbocycles. The fourth-order valence-corrected chi connectivity index (χ4v) is 1.22. The van der Waals surface area contributed by atoms with Crippen molar-refractivity contribution in [2.24, 2.45) is 0 Å². The molecule has 94 valence electrons. The molecule has 17 heavy (non-hydrogen) atoms. The van der Waals surface area contributed by atoms with Gasteiger partial charge < -0.3 is 10.6 Å². The SMILES string of the molecule is CCC(C)NC(=O)CNc1ccc(F)c(F)c1. The number of nitrogens with one attached hydrogen (secondary N) is 2. The van der Waals surface area contributed by atoms with Gasteiger partial charge in [-0.25, -0.2) is 8.78 Å². The first-order chi connectivity index (χ1) is 8.02. The molecule has 0 saturated heterocycles. The maximum atomic E-state index is 12.9. The molecule has 1 unspecified atom stereocenters. The number of hydrogen-bond donors (Lipinski definition) is 2. The van der Waals surface area contributed by atoms with Gasteiger partial charge in [0.15, 0.2) is 11.6 Å². The summed E-state index contributed by atoms with van der Waals surface area (Å²) in [5.74, 6) is -2.01. The number of halogens is 2. The van der Waals surface area contributed by atoms with Crippen LogP contribution in [0.2, 0.25) is 0 Å². The molecular weight excluding hydrogens is 226 g/mol. The minimum atomic E-state index is -0.933. The standard InChI is InChI=1S/C12H16F2N2O/c1-3-8(2)16-12(17)7-15-9-4-5-10(13)11(14)6-9/h4-6,8,15H,3,7H2,1-2H3,(H,16,17). The van der Waals surface area contributed by atoms with Crippen LogP contribution in [0.5, 0.6) is 0 Å². The summed E-state index contributed by atoms with van der Waals surface area (Å²) in [7, 11) is 0. The molecule has 0 saturated carbocycles. The summed E-state index contributed by atoms with van der Waals surface area (Å²) in [4.78, 5) is 11.4. The molecule has 0 fully saturated rings. The fourth-order valence-electron chi connectivity index (χ4n) is 1.22. The molecule has 1 amide bonds. The first-order valence-electron chi connectivity index (χ1n) is 5.51. The van der Waals surface area contributed by atoms with Gasteiger partial charge >= 0.3 is 0 Å². The largest absolute Gasteiger partial charge is 0.376 e. The summed E-state index contributed by atoms with van der Waals surface area (Å²) in [5, 5.41) is 5.48. The lowest BCUT2D eigenvalue weighted by Gasteiger charge is -2.12. The van der Waals surface area contributed by atoms with E-state index in [9.17, 15) is 13.6 Å². The second-order valence-corrected chi connectivity index (χ2v) is 3.86. The van der Waals surface area contributed by atoms with Crippen LogP contribution >= 0.6 is 0 Å². The zero-order valence-electron chi connectivity index (χ0n) is 9.89. The molecule has 0 bridgehead atoms. The van der Waals surface area contributed by atoms with E-state index >= 15 is 0 Å². The van der Waals surface area contributed by atoms with Gasteiger partial charge in [0, 0.05) is 17.8 Å². The minimum absolute atomic E-state index is 0.0371. The van der Waals surface area contributed by atoms with E-state index in [-0.39, 0.29) is 18.5 Å². The highest BCUT2D eigenvalue weighted by molar-refractivity contribution is 5.80. The summed E-state index contributed by atoms with van der Waals surface area (Å²) < 4.78 is 25.5. The van der Waals surface area contributed by atoms with Crippen molar-refractivity contribution in [2.75, 3.05) is 11.9 Å². The van der Waals surface area contributed by atoms with Crippen LogP contribution in [0.3, 0.4) is 0 Å². The molecule has 5 heteroatoms. The third-order valence-electron chi connectivity index (χ3n) is 2.39. The maximum Gasteiger partial charge on any atom is 0.239 e.